The van der Waals surface area contributed by atoms with E-state index in [0.29, 0.717) is 51.4 Å². The lowest BCUT2D eigenvalue weighted by molar-refractivity contribution is -0.120. The first-order valence-corrected chi connectivity index (χ1v) is 13.1. The first-order valence-electron chi connectivity index (χ1n) is 10.6. The number of aryl methyl sites for hydroxylation is 1. The summed E-state index contributed by atoms with van der Waals surface area (Å²) >= 11 is 1.95. The summed E-state index contributed by atoms with van der Waals surface area (Å²) in [6.07, 6.45) is 5.96. The van der Waals surface area contributed by atoms with Gasteiger partial charge >= 0.3 is 0 Å². The molecule has 1 heterocycles. The largest absolute Gasteiger partial charge is 0.496 e. The molecule has 7 nitrogen and oxygen atoms in total. The number of thioether (sulfide) groups is 1. The van der Waals surface area contributed by atoms with Crippen LogP contribution in [-0.2, 0) is 26.0 Å². The standard InChI is InChI=1S/C21H32N2O5S2/c1-27-20-8-7-19(30(25,26)23-11-13-28-14-12-23)16-17(20)6-9-21(24)22-10-15-29-18-4-2-3-5-18/h7-8,16,18H,2-6,9-15H2,1H3,(H,22,24). The summed E-state index contributed by atoms with van der Waals surface area (Å²) in [6.45, 7) is 2.18. The van der Waals surface area contributed by atoms with Crippen LogP contribution in [0.15, 0.2) is 23.1 Å². The summed E-state index contributed by atoms with van der Waals surface area (Å²) in [7, 11) is -2.03. The van der Waals surface area contributed by atoms with Crippen molar-refractivity contribution in [2.45, 2.75) is 48.7 Å². The highest BCUT2D eigenvalue weighted by molar-refractivity contribution is 7.99. The number of ether oxygens (including phenoxy) is 2. The minimum atomic E-state index is -3.58. The van der Waals surface area contributed by atoms with Gasteiger partial charge < -0.3 is 14.8 Å². The van der Waals surface area contributed by atoms with E-state index in [1.54, 1.807) is 25.3 Å². The van der Waals surface area contributed by atoms with Crippen LogP contribution in [0.3, 0.4) is 0 Å². The Labute approximate surface area is 183 Å². The quantitative estimate of drug-likeness (QED) is 0.545. The van der Waals surface area contributed by atoms with Gasteiger partial charge in [-0.2, -0.15) is 16.1 Å². The van der Waals surface area contributed by atoms with E-state index in [9.17, 15) is 13.2 Å². The van der Waals surface area contributed by atoms with Gasteiger partial charge in [-0.25, -0.2) is 8.42 Å². The molecule has 0 atom stereocenters. The Balaban J connectivity index is 1.53. The van der Waals surface area contributed by atoms with Gasteiger partial charge in [-0.1, -0.05) is 12.8 Å². The van der Waals surface area contributed by atoms with Crippen molar-refractivity contribution in [1.29, 1.82) is 0 Å². The van der Waals surface area contributed by atoms with Crippen molar-refractivity contribution in [2.24, 2.45) is 0 Å². The van der Waals surface area contributed by atoms with Gasteiger partial charge in [0.25, 0.3) is 0 Å². The normalized spacial score (nSPS) is 18.4. The Hall–Kier alpha value is -1.29. The van der Waals surface area contributed by atoms with Crippen LogP contribution in [-0.4, -0.2) is 69.6 Å². The average molecular weight is 457 g/mol. The zero-order valence-corrected chi connectivity index (χ0v) is 19.2. The second kappa shape index (κ2) is 11.4. The number of carbonyl (C=O) groups is 1. The third-order valence-corrected chi connectivity index (χ3v) is 8.84. The fourth-order valence-corrected chi connectivity index (χ4v) is 6.53. The highest BCUT2D eigenvalue weighted by atomic mass is 32.2. The summed E-state index contributed by atoms with van der Waals surface area (Å²) in [4.78, 5) is 12.5. The molecule has 168 valence electrons. The van der Waals surface area contributed by atoms with Crippen molar-refractivity contribution in [3.8, 4) is 5.75 Å². The lowest BCUT2D eigenvalue weighted by Gasteiger charge is -2.26. The SMILES string of the molecule is COc1ccc(S(=O)(=O)N2CCOCC2)cc1CCC(=O)NCCSC1CCCC1. The number of carbonyl (C=O) groups excluding carboxylic acids is 1. The van der Waals surface area contributed by atoms with E-state index in [1.165, 1.54) is 30.0 Å². The highest BCUT2D eigenvalue weighted by Gasteiger charge is 2.27. The summed E-state index contributed by atoms with van der Waals surface area (Å²) in [6, 6.07) is 4.86. The van der Waals surface area contributed by atoms with E-state index in [-0.39, 0.29) is 10.8 Å². The van der Waals surface area contributed by atoms with E-state index in [0.717, 1.165) is 16.6 Å². The minimum absolute atomic E-state index is 0.0227. The Morgan fingerprint density at radius 3 is 2.70 bits per heavy atom. The summed E-state index contributed by atoms with van der Waals surface area (Å²) < 4.78 is 37.9. The number of morpholine rings is 1. The smallest absolute Gasteiger partial charge is 0.243 e. The number of benzene rings is 1. The number of methoxy groups -OCH3 is 1. The molecule has 2 fully saturated rings. The first kappa shape index (κ1) is 23.4. The average Bonchev–Trinajstić information content (AvgIpc) is 3.29. The maximum absolute atomic E-state index is 12.9. The molecule has 0 bridgehead atoms. The van der Waals surface area contributed by atoms with Gasteiger partial charge in [-0.05, 0) is 43.0 Å². The van der Waals surface area contributed by atoms with Gasteiger partial charge in [-0.15, -0.1) is 0 Å². The van der Waals surface area contributed by atoms with Crippen LogP contribution in [0.2, 0.25) is 0 Å². The first-order chi connectivity index (χ1) is 14.5. The molecule has 0 aromatic heterocycles. The molecular weight excluding hydrogens is 424 g/mol. The van der Waals surface area contributed by atoms with Gasteiger partial charge in [-0.3, -0.25) is 4.79 Å². The van der Waals surface area contributed by atoms with Crippen LogP contribution in [0, 0.1) is 0 Å². The molecule has 0 unspecified atom stereocenters. The van der Waals surface area contributed by atoms with Gasteiger partial charge in [0.1, 0.15) is 5.75 Å². The molecule has 1 saturated carbocycles. The maximum atomic E-state index is 12.9. The molecule has 2 aliphatic rings. The number of nitrogens with zero attached hydrogens (tertiary/aromatic N) is 1. The van der Waals surface area contributed by atoms with Crippen LogP contribution in [0.1, 0.15) is 37.7 Å². The van der Waals surface area contributed by atoms with Crippen molar-refractivity contribution in [3.05, 3.63) is 23.8 Å². The molecule has 1 aromatic rings. The van der Waals surface area contributed by atoms with Gasteiger partial charge in [0.2, 0.25) is 15.9 Å². The Morgan fingerprint density at radius 2 is 2.00 bits per heavy atom. The van der Waals surface area contributed by atoms with Crippen LogP contribution >= 0.6 is 11.8 Å². The zero-order chi connectivity index (χ0) is 21.4. The van der Waals surface area contributed by atoms with Crippen molar-refractivity contribution < 1.29 is 22.7 Å². The van der Waals surface area contributed by atoms with Crippen molar-refractivity contribution >= 4 is 27.7 Å². The molecule has 1 N–H and O–H groups in total. The second-order valence-corrected chi connectivity index (χ2v) is 11.0. The summed E-state index contributed by atoms with van der Waals surface area (Å²) in [5, 5.41) is 3.72. The van der Waals surface area contributed by atoms with E-state index in [4.69, 9.17) is 9.47 Å². The summed E-state index contributed by atoms with van der Waals surface area (Å²) in [5.41, 5.74) is 0.724. The van der Waals surface area contributed by atoms with Gasteiger partial charge in [0.15, 0.2) is 0 Å². The number of nitrogens with one attached hydrogen (secondary N) is 1. The molecule has 1 amide bonds. The van der Waals surface area contributed by atoms with Crippen LogP contribution in [0.25, 0.3) is 0 Å². The number of hydrogen-bond acceptors (Lipinski definition) is 6. The van der Waals surface area contributed by atoms with Crippen molar-refractivity contribution in [3.63, 3.8) is 0 Å². The predicted octanol–water partition coefficient (Wildman–Crippen LogP) is 2.44. The molecule has 0 radical (unpaired) electrons. The molecule has 1 aliphatic carbocycles. The number of amides is 1. The van der Waals surface area contributed by atoms with Crippen LogP contribution in [0.4, 0.5) is 0 Å². The molecule has 1 aliphatic heterocycles. The molecule has 9 heteroatoms. The van der Waals surface area contributed by atoms with E-state index < -0.39 is 10.0 Å². The van der Waals surface area contributed by atoms with Crippen LogP contribution in [0.5, 0.6) is 5.75 Å². The number of hydrogen-bond donors (Lipinski definition) is 1. The predicted molar refractivity (Wildman–Crippen MR) is 119 cm³/mol. The van der Waals surface area contributed by atoms with Crippen molar-refractivity contribution in [1.82, 2.24) is 9.62 Å². The number of rotatable bonds is 10. The van der Waals surface area contributed by atoms with Crippen LogP contribution < -0.4 is 10.1 Å². The third-order valence-electron chi connectivity index (χ3n) is 5.56. The van der Waals surface area contributed by atoms with E-state index in [2.05, 4.69) is 5.32 Å². The lowest BCUT2D eigenvalue weighted by atomic mass is 10.1. The summed E-state index contributed by atoms with van der Waals surface area (Å²) in [5.74, 6) is 1.51. The van der Waals surface area contributed by atoms with Gasteiger partial charge in [0.05, 0.1) is 25.2 Å². The molecule has 3 rings (SSSR count). The monoisotopic (exact) mass is 456 g/mol. The fraction of sp³-hybridized carbons (Fsp3) is 0.667. The molecular formula is C21H32N2O5S2. The molecule has 1 aromatic carbocycles. The Kier molecular flexibility index (Phi) is 8.85. The highest BCUT2D eigenvalue weighted by Crippen LogP contribution is 2.29. The number of sulfonamides is 1. The maximum Gasteiger partial charge on any atom is 0.243 e. The molecule has 30 heavy (non-hydrogen) atoms. The van der Waals surface area contributed by atoms with E-state index in [1.807, 2.05) is 11.8 Å². The topological polar surface area (TPSA) is 84.9 Å². The fourth-order valence-electron chi connectivity index (χ4n) is 3.85. The molecule has 0 spiro atoms. The zero-order valence-electron chi connectivity index (χ0n) is 17.6. The third kappa shape index (κ3) is 6.35. The second-order valence-electron chi connectivity index (χ2n) is 7.62. The van der Waals surface area contributed by atoms with Gasteiger partial charge in [0, 0.05) is 37.1 Å². The minimum Gasteiger partial charge on any atom is -0.496 e. The lowest BCUT2D eigenvalue weighted by Crippen LogP contribution is -2.40. The van der Waals surface area contributed by atoms with E-state index >= 15 is 0 Å². The van der Waals surface area contributed by atoms with Crippen molar-refractivity contribution in [2.75, 3.05) is 45.7 Å². The Bertz CT molecular complexity index is 804. The molecule has 1 saturated heterocycles. The Morgan fingerprint density at radius 1 is 1.27 bits per heavy atom.